The highest BCUT2D eigenvalue weighted by Crippen LogP contribution is 2.22. The van der Waals surface area contributed by atoms with Crippen LogP contribution in [-0.2, 0) is 24.8 Å². The highest BCUT2D eigenvalue weighted by atomic mass is 16.4. The molecular formula is C16H21N3O2. The molecule has 0 saturated carbocycles. The Morgan fingerprint density at radius 3 is 2.48 bits per heavy atom. The molecule has 21 heavy (non-hydrogen) atoms. The van der Waals surface area contributed by atoms with Crippen LogP contribution in [0.2, 0.25) is 0 Å². The molecule has 0 aliphatic carbocycles. The molecule has 1 atom stereocenters. The summed E-state index contributed by atoms with van der Waals surface area (Å²) in [6.45, 7) is 2.62. The topological polar surface area (TPSA) is 58.4 Å². The Morgan fingerprint density at radius 1 is 1.33 bits per heavy atom. The fourth-order valence-corrected chi connectivity index (χ4v) is 2.45. The molecule has 1 aromatic heterocycles. The van der Waals surface area contributed by atoms with Gasteiger partial charge in [-0.25, -0.2) is 0 Å². The zero-order valence-corrected chi connectivity index (χ0v) is 12.7. The summed E-state index contributed by atoms with van der Waals surface area (Å²) < 4.78 is 1.72. The van der Waals surface area contributed by atoms with Crippen LogP contribution in [0, 0.1) is 0 Å². The molecule has 5 heteroatoms. The third-order valence-electron chi connectivity index (χ3n) is 3.57. The molecule has 0 amide bonds. The van der Waals surface area contributed by atoms with Crippen LogP contribution in [0.15, 0.2) is 36.7 Å². The van der Waals surface area contributed by atoms with E-state index in [1.54, 1.807) is 10.9 Å². The predicted octanol–water partition coefficient (Wildman–Crippen LogP) is 2.24. The van der Waals surface area contributed by atoms with Gasteiger partial charge in [0.1, 0.15) is 6.04 Å². The predicted molar refractivity (Wildman–Crippen MR) is 80.9 cm³/mol. The van der Waals surface area contributed by atoms with Crippen molar-refractivity contribution in [2.75, 3.05) is 7.05 Å². The lowest BCUT2D eigenvalue weighted by molar-refractivity contribution is -0.143. The Hall–Kier alpha value is -2.14. The quantitative estimate of drug-likeness (QED) is 0.885. The fraction of sp³-hybridized carbons (Fsp3) is 0.375. The maximum atomic E-state index is 11.6. The van der Waals surface area contributed by atoms with Gasteiger partial charge >= 0.3 is 5.97 Å². The van der Waals surface area contributed by atoms with Gasteiger partial charge in [0.2, 0.25) is 0 Å². The number of aliphatic carboxylic acids is 1. The minimum absolute atomic E-state index is 0.542. The second kappa shape index (κ2) is 6.54. The first kappa shape index (κ1) is 15.3. The SMILES string of the molecule is CCc1ccc(C(C(=O)O)N(C)Cc2cnn(C)c2)cc1. The van der Waals surface area contributed by atoms with Gasteiger partial charge < -0.3 is 5.11 Å². The molecule has 1 N–H and O–H groups in total. The number of hydrogen-bond donors (Lipinski definition) is 1. The maximum Gasteiger partial charge on any atom is 0.325 e. The number of nitrogens with zero attached hydrogens (tertiary/aromatic N) is 3. The smallest absolute Gasteiger partial charge is 0.325 e. The zero-order chi connectivity index (χ0) is 15.4. The summed E-state index contributed by atoms with van der Waals surface area (Å²) in [7, 11) is 3.67. The maximum absolute atomic E-state index is 11.6. The molecule has 112 valence electrons. The third kappa shape index (κ3) is 3.70. The van der Waals surface area contributed by atoms with Crippen LogP contribution in [0.1, 0.15) is 29.7 Å². The van der Waals surface area contributed by atoms with Gasteiger partial charge in [0.25, 0.3) is 0 Å². The van der Waals surface area contributed by atoms with Crippen molar-refractivity contribution >= 4 is 5.97 Å². The summed E-state index contributed by atoms with van der Waals surface area (Å²) in [5, 5.41) is 13.7. The van der Waals surface area contributed by atoms with Crippen molar-refractivity contribution in [3.05, 3.63) is 53.3 Å². The highest BCUT2D eigenvalue weighted by molar-refractivity contribution is 5.75. The minimum Gasteiger partial charge on any atom is -0.480 e. The summed E-state index contributed by atoms with van der Waals surface area (Å²) in [5.74, 6) is -0.842. The number of carboxylic acid groups (broad SMARTS) is 1. The van der Waals surface area contributed by atoms with E-state index in [4.69, 9.17) is 0 Å². The number of aromatic nitrogens is 2. The summed E-state index contributed by atoms with van der Waals surface area (Å²) in [4.78, 5) is 13.4. The van der Waals surface area contributed by atoms with Crippen LogP contribution in [0.5, 0.6) is 0 Å². The van der Waals surface area contributed by atoms with Crippen molar-refractivity contribution in [1.29, 1.82) is 0 Å². The van der Waals surface area contributed by atoms with Crippen molar-refractivity contribution in [1.82, 2.24) is 14.7 Å². The highest BCUT2D eigenvalue weighted by Gasteiger charge is 2.24. The molecule has 1 unspecified atom stereocenters. The van der Waals surface area contributed by atoms with Crippen LogP contribution in [0.4, 0.5) is 0 Å². The number of carboxylic acids is 1. The summed E-state index contributed by atoms with van der Waals surface area (Å²) in [6, 6.07) is 7.12. The van der Waals surface area contributed by atoms with Crippen LogP contribution in [0.3, 0.4) is 0 Å². The van der Waals surface area contributed by atoms with Gasteiger partial charge in [-0.3, -0.25) is 14.4 Å². The fourth-order valence-electron chi connectivity index (χ4n) is 2.45. The molecule has 1 aromatic carbocycles. The first-order chi connectivity index (χ1) is 10.0. The molecule has 2 rings (SSSR count). The van der Waals surface area contributed by atoms with Crippen molar-refractivity contribution in [2.45, 2.75) is 25.9 Å². The Morgan fingerprint density at radius 2 is 2.00 bits per heavy atom. The van der Waals surface area contributed by atoms with E-state index in [0.717, 1.165) is 17.5 Å². The van der Waals surface area contributed by atoms with E-state index in [2.05, 4.69) is 12.0 Å². The van der Waals surface area contributed by atoms with Crippen molar-refractivity contribution in [2.24, 2.45) is 7.05 Å². The summed E-state index contributed by atoms with van der Waals surface area (Å²) in [5.41, 5.74) is 3.00. The lowest BCUT2D eigenvalue weighted by atomic mass is 10.0. The van der Waals surface area contributed by atoms with Crippen molar-refractivity contribution in [3.63, 3.8) is 0 Å². The normalized spacial score (nSPS) is 12.6. The molecule has 0 fully saturated rings. The Labute approximate surface area is 124 Å². The van der Waals surface area contributed by atoms with Gasteiger partial charge in [-0.2, -0.15) is 5.10 Å². The number of carbonyl (C=O) groups is 1. The third-order valence-corrected chi connectivity index (χ3v) is 3.57. The molecule has 5 nitrogen and oxygen atoms in total. The van der Waals surface area contributed by atoms with Crippen molar-refractivity contribution in [3.8, 4) is 0 Å². The molecule has 0 radical (unpaired) electrons. The average Bonchev–Trinajstić information content (AvgIpc) is 2.84. The standard InChI is InChI=1S/C16H21N3O2/c1-4-12-5-7-14(8-6-12)15(16(20)21)18(2)10-13-9-17-19(3)11-13/h5-9,11,15H,4,10H2,1-3H3,(H,20,21). The average molecular weight is 287 g/mol. The number of likely N-dealkylation sites (N-methyl/N-ethyl adjacent to an activating group) is 1. The largest absolute Gasteiger partial charge is 0.480 e. The molecule has 0 spiro atoms. The zero-order valence-electron chi connectivity index (χ0n) is 12.7. The molecule has 2 aromatic rings. The van der Waals surface area contributed by atoms with E-state index in [9.17, 15) is 9.90 Å². The van der Waals surface area contributed by atoms with Gasteiger partial charge in [-0.1, -0.05) is 31.2 Å². The van der Waals surface area contributed by atoms with Gasteiger partial charge in [0, 0.05) is 25.4 Å². The van der Waals surface area contributed by atoms with Gasteiger partial charge in [0.05, 0.1) is 6.20 Å². The molecular weight excluding hydrogens is 266 g/mol. The van der Waals surface area contributed by atoms with Gasteiger partial charge in [0.15, 0.2) is 0 Å². The molecule has 1 heterocycles. The molecule has 0 aliphatic rings. The van der Waals surface area contributed by atoms with E-state index in [1.807, 2.05) is 49.5 Å². The molecule has 0 saturated heterocycles. The van der Waals surface area contributed by atoms with Crippen LogP contribution < -0.4 is 0 Å². The van der Waals surface area contributed by atoms with E-state index >= 15 is 0 Å². The van der Waals surface area contributed by atoms with Crippen LogP contribution >= 0.6 is 0 Å². The lowest BCUT2D eigenvalue weighted by Crippen LogP contribution is -2.30. The second-order valence-corrected chi connectivity index (χ2v) is 5.27. The Balaban J connectivity index is 2.18. The number of rotatable bonds is 6. The lowest BCUT2D eigenvalue weighted by Gasteiger charge is -2.24. The first-order valence-electron chi connectivity index (χ1n) is 7.00. The van der Waals surface area contributed by atoms with Crippen LogP contribution in [0.25, 0.3) is 0 Å². The first-order valence-corrected chi connectivity index (χ1v) is 7.00. The van der Waals surface area contributed by atoms with Gasteiger partial charge in [-0.05, 0) is 24.6 Å². The number of aryl methyl sites for hydroxylation is 2. The second-order valence-electron chi connectivity index (χ2n) is 5.27. The van der Waals surface area contributed by atoms with E-state index in [0.29, 0.717) is 6.54 Å². The Kier molecular flexibility index (Phi) is 4.75. The molecule has 0 bridgehead atoms. The number of benzene rings is 1. The number of hydrogen-bond acceptors (Lipinski definition) is 3. The van der Waals surface area contributed by atoms with Crippen LogP contribution in [-0.4, -0.2) is 32.8 Å². The van der Waals surface area contributed by atoms with Gasteiger partial charge in [-0.15, -0.1) is 0 Å². The van der Waals surface area contributed by atoms with E-state index < -0.39 is 12.0 Å². The summed E-state index contributed by atoms with van der Waals surface area (Å²) >= 11 is 0. The Bertz CT molecular complexity index is 604. The van der Waals surface area contributed by atoms with Crippen molar-refractivity contribution < 1.29 is 9.90 Å². The molecule has 0 aliphatic heterocycles. The minimum atomic E-state index is -0.842. The van der Waals surface area contributed by atoms with E-state index in [-0.39, 0.29) is 0 Å². The van der Waals surface area contributed by atoms with E-state index in [1.165, 1.54) is 5.56 Å². The summed E-state index contributed by atoms with van der Waals surface area (Å²) in [6.07, 6.45) is 4.61. The monoisotopic (exact) mass is 287 g/mol.